The molecule has 0 spiro atoms. The lowest BCUT2D eigenvalue weighted by Gasteiger charge is -2.22. The zero-order valence-electron chi connectivity index (χ0n) is 6.72. The van der Waals surface area contributed by atoms with Crippen LogP contribution in [0.1, 0.15) is 13.8 Å². The zero-order valence-corrected chi connectivity index (χ0v) is 6.72. The first-order valence-corrected chi connectivity index (χ1v) is 3.45. The van der Waals surface area contributed by atoms with Crippen LogP contribution in [-0.2, 0) is 14.2 Å². The highest BCUT2D eigenvalue weighted by Crippen LogP contribution is 2.15. The molecule has 1 unspecified atom stereocenters. The molecule has 1 saturated heterocycles. The quantitative estimate of drug-likeness (QED) is 0.434. The first-order valence-electron chi connectivity index (χ1n) is 3.45. The molecule has 0 aromatic heterocycles. The van der Waals surface area contributed by atoms with Crippen LogP contribution in [0.3, 0.4) is 0 Å². The Bertz CT molecular complexity index is 107. The van der Waals surface area contributed by atoms with Crippen LogP contribution in [0.25, 0.3) is 0 Å². The highest BCUT2D eigenvalue weighted by atomic mass is 16.7. The number of methoxy groups -OCH3 is 1. The summed E-state index contributed by atoms with van der Waals surface area (Å²) in [4.78, 5) is 0. The van der Waals surface area contributed by atoms with Gasteiger partial charge < -0.3 is 14.2 Å². The molecule has 0 bridgehead atoms. The molecule has 1 atom stereocenters. The summed E-state index contributed by atoms with van der Waals surface area (Å²) in [5.41, 5.74) is 0. The highest BCUT2D eigenvalue weighted by Gasteiger charge is 2.26. The second-order valence-corrected chi connectivity index (χ2v) is 2.87. The molecule has 60 valence electrons. The minimum Gasteiger partial charge on any atom is -0.371 e. The van der Waals surface area contributed by atoms with E-state index in [-0.39, 0.29) is 0 Å². The van der Waals surface area contributed by atoms with Gasteiger partial charge >= 0.3 is 0 Å². The molecular weight excluding hydrogens is 132 g/mol. The molecule has 0 aromatic carbocycles. The van der Waals surface area contributed by atoms with Crippen LogP contribution < -0.4 is 0 Å². The Morgan fingerprint density at radius 2 is 2.20 bits per heavy atom. The van der Waals surface area contributed by atoms with Crippen LogP contribution in [-0.4, -0.2) is 32.2 Å². The van der Waals surface area contributed by atoms with Gasteiger partial charge in [-0.1, -0.05) is 0 Å². The van der Waals surface area contributed by atoms with Crippen molar-refractivity contribution in [1.29, 1.82) is 0 Å². The van der Waals surface area contributed by atoms with Crippen molar-refractivity contribution < 1.29 is 14.2 Å². The molecule has 1 heterocycles. The fourth-order valence-corrected chi connectivity index (χ4v) is 0.517. The van der Waals surface area contributed by atoms with Gasteiger partial charge in [0.15, 0.2) is 5.79 Å². The Kier molecular flexibility index (Phi) is 2.28. The summed E-state index contributed by atoms with van der Waals surface area (Å²) in [5.74, 6) is -0.466. The largest absolute Gasteiger partial charge is 0.371 e. The van der Waals surface area contributed by atoms with E-state index < -0.39 is 5.79 Å². The minimum atomic E-state index is -0.466. The third-order valence-electron chi connectivity index (χ3n) is 1.51. The van der Waals surface area contributed by atoms with Gasteiger partial charge in [0, 0.05) is 7.11 Å². The normalized spacial score (nSPS) is 24.9. The second kappa shape index (κ2) is 2.86. The molecule has 1 fully saturated rings. The lowest BCUT2D eigenvalue weighted by molar-refractivity contribution is -0.198. The summed E-state index contributed by atoms with van der Waals surface area (Å²) in [7, 11) is 1.63. The van der Waals surface area contributed by atoms with Crippen molar-refractivity contribution in [3.05, 3.63) is 0 Å². The standard InChI is InChI=1S/C7H14O3/c1-7(2,8-3)10-5-6-4-9-6/h6H,4-5H2,1-3H3. The summed E-state index contributed by atoms with van der Waals surface area (Å²) >= 11 is 0. The van der Waals surface area contributed by atoms with E-state index in [2.05, 4.69) is 0 Å². The van der Waals surface area contributed by atoms with Gasteiger partial charge in [0.2, 0.25) is 0 Å². The van der Waals surface area contributed by atoms with E-state index in [1.807, 2.05) is 13.8 Å². The molecule has 3 nitrogen and oxygen atoms in total. The predicted molar refractivity (Wildman–Crippen MR) is 36.8 cm³/mol. The molecule has 0 N–H and O–H groups in total. The fraction of sp³-hybridized carbons (Fsp3) is 1.00. The van der Waals surface area contributed by atoms with Crippen LogP contribution in [0.2, 0.25) is 0 Å². The summed E-state index contributed by atoms with van der Waals surface area (Å²) in [6, 6.07) is 0. The van der Waals surface area contributed by atoms with Crippen LogP contribution in [0.4, 0.5) is 0 Å². The Labute approximate surface area is 61.3 Å². The Hall–Kier alpha value is -0.120. The van der Waals surface area contributed by atoms with Crippen LogP contribution >= 0.6 is 0 Å². The number of epoxide rings is 1. The van der Waals surface area contributed by atoms with E-state index in [0.717, 1.165) is 6.61 Å². The lowest BCUT2D eigenvalue weighted by Crippen LogP contribution is -2.28. The van der Waals surface area contributed by atoms with Crippen molar-refractivity contribution in [2.75, 3.05) is 20.3 Å². The number of ether oxygens (including phenoxy) is 3. The first kappa shape index (κ1) is 7.98. The molecule has 1 aliphatic heterocycles. The topological polar surface area (TPSA) is 31.0 Å². The number of rotatable bonds is 4. The number of hydrogen-bond donors (Lipinski definition) is 0. The average Bonchev–Trinajstić information content (AvgIpc) is 2.66. The maximum atomic E-state index is 5.36. The predicted octanol–water partition coefficient (Wildman–Crippen LogP) is 0.784. The molecule has 10 heavy (non-hydrogen) atoms. The Morgan fingerprint density at radius 3 is 2.60 bits per heavy atom. The van der Waals surface area contributed by atoms with E-state index in [1.165, 1.54) is 0 Å². The molecular formula is C7H14O3. The molecule has 0 aromatic rings. The van der Waals surface area contributed by atoms with Gasteiger partial charge in [0.25, 0.3) is 0 Å². The third-order valence-corrected chi connectivity index (χ3v) is 1.51. The minimum absolute atomic E-state index is 0.314. The molecule has 3 heteroatoms. The molecule has 0 amide bonds. The van der Waals surface area contributed by atoms with Crippen molar-refractivity contribution >= 4 is 0 Å². The van der Waals surface area contributed by atoms with Crippen LogP contribution in [0.15, 0.2) is 0 Å². The van der Waals surface area contributed by atoms with Gasteiger partial charge in [-0.2, -0.15) is 0 Å². The molecule has 0 saturated carbocycles. The van der Waals surface area contributed by atoms with Crippen molar-refractivity contribution in [2.45, 2.75) is 25.7 Å². The SMILES string of the molecule is COC(C)(C)OCC1CO1. The van der Waals surface area contributed by atoms with E-state index in [4.69, 9.17) is 14.2 Å². The maximum absolute atomic E-state index is 5.36. The van der Waals surface area contributed by atoms with Crippen LogP contribution in [0.5, 0.6) is 0 Å². The van der Waals surface area contributed by atoms with E-state index in [1.54, 1.807) is 7.11 Å². The van der Waals surface area contributed by atoms with Gasteiger partial charge in [0.05, 0.1) is 13.2 Å². The van der Waals surface area contributed by atoms with Crippen molar-refractivity contribution in [1.82, 2.24) is 0 Å². The van der Waals surface area contributed by atoms with Gasteiger partial charge in [-0.15, -0.1) is 0 Å². The molecule has 0 radical (unpaired) electrons. The van der Waals surface area contributed by atoms with E-state index in [9.17, 15) is 0 Å². The third kappa shape index (κ3) is 2.64. The lowest BCUT2D eigenvalue weighted by atomic mass is 10.4. The molecule has 1 aliphatic rings. The van der Waals surface area contributed by atoms with Crippen molar-refractivity contribution in [2.24, 2.45) is 0 Å². The molecule has 1 rings (SSSR count). The monoisotopic (exact) mass is 146 g/mol. The summed E-state index contributed by atoms with van der Waals surface area (Å²) in [6.45, 7) is 5.24. The summed E-state index contributed by atoms with van der Waals surface area (Å²) in [6.07, 6.45) is 0.314. The molecule has 0 aliphatic carbocycles. The van der Waals surface area contributed by atoms with E-state index >= 15 is 0 Å². The first-order chi connectivity index (χ1) is 4.64. The summed E-state index contributed by atoms with van der Waals surface area (Å²) < 4.78 is 15.4. The van der Waals surface area contributed by atoms with Gasteiger partial charge in [-0.05, 0) is 13.8 Å². The van der Waals surface area contributed by atoms with Gasteiger partial charge in [-0.25, -0.2) is 0 Å². The van der Waals surface area contributed by atoms with Crippen molar-refractivity contribution in [3.63, 3.8) is 0 Å². The maximum Gasteiger partial charge on any atom is 0.162 e. The Balaban J connectivity index is 2.09. The van der Waals surface area contributed by atoms with Crippen LogP contribution in [0, 0.1) is 0 Å². The second-order valence-electron chi connectivity index (χ2n) is 2.87. The van der Waals surface area contributed by atoms with Gasteiger partial charge in [0.1, 0.15) is 6.10 Å². The van der Waals surface area contributed by atoms with Crippen molar-refractivity contribution in [3.8, 4) is 0 Å². The highest BCUT2D eigenvalue weighted by molar-refractivity contribution is 4.68. The Morgan fingerprint density at radius 1 is 1.60 bits per heavy atom. The fourth-order valence-electron chi connectivity index (χ4n) is 0.517. The average molecular weight is 146 g/mol. The smallest absolute Gasteiger partial charge is 0.162 e. The zero-order chi connectivity index (χ0) is 7.61. The number of hydrogen-bond acceptors (Lipinski definition) is 3. The van der Waals surface area contributed by atoms with Gasteiger partial charge in [-0.3, -0.25) is 0 Å². The van der Waals surface area contributed by atoms with E-state index in [0.29, 0.717) is 12.7 Å². The summed E-state index contributed by atoms with van der Waals surface area (Å²) in [5, 5.41) is 0.